The van der Waals surface area contributed by atoms with Gasteiger partial charge in [-0.25, -0.2) is 0 Å². The van der Waals surface area contributed by atoms with Crippen LogP contribution in [0.4, 0.5) is 13.2 Å². The molecule has 0 nitrogen and oxygen atoms in total. The molecule has 3 aromatic carbocycles. The first-order valence-corrected chi connectivity index (χ1v) is 7.35. The van der Waals surface area contributed by atoms with Crippen molar-refractivity contribution in [3.63, 3.8) is 0 Å². The third-order valence-corrected chi connectivity index (χ3v) is 3.82. The molecule has 3 aromatic rings. The fourth-order valence-electron chi connectivity index (χ4n) is 2.40. The van der Waals surface area contributed by atoms with Crippen LogP contribution in [0.1, 0.15) is 5.56 Å². The Bertz CT molecular complexity index is 821. The van der Waals surface area contributed by atoms with Crippen LogP contribution in [0.5, 0.6) is 0 Å². The van der Waals surface area contributed by atoms with Gasteiger partial charge < -0.3 is 0 Å². The smallest absolute Gasteiger partial charge is 0.166 e. The van der Waals surface area contributed by atoms with Gasteiger partial charge in [0, 0.05) is 5.02 Å². The monoisotopic (exact) mass is 332 g/mol. The first kappa shape index (κ1) is 15.6. The quantitative estimate of drug-likeness (QED) is 0.490. The van der Waals surface area contributed by atoms with Crippen LogP contribution in [0.25, 0.3) is 22.3 Å². The Morgan fingerprint density at radius 1 is 0.609 bits per heavy atom. The van der Waals surface area contributed by atoms with E-state index in [4.69, 9.17) is 11.6 Å². The normalized spacial score (nSPS) is 11.5. The second kappa shape index (κ2) is 6.09. The van der Waals surface area contributed by atoms with E-state index >= 15 is 0 Å². The van der Waals surface area contributed by atoms with Gasteiger partial charge in [0.15, 0.2) is 0 Å². The standard InChI is InChI=1S/C19H12ClF3/c20-18-9-7-13(8-10-18)14-3-1-4-15(11-14)16-5-2-6-17(12-16)19(21,22)23/h1-12H. The van der Waals surface area contributed by atoms with E-state index in [0.717, 1.165) is 22.8 Å². The summed E-state index contributed by atoms with van der Waals surface area (Å²) in [5, 5.41) is 0.641. The van der Waals surface area contributed by atoms with Crippen molar-refractivity contribution in [2.75, 3.05) is 0 Å². The van der Waals surface area contributed by atoms with Crippen molar-refractivity contribution in [3.8, 4) is 22.3 Å². The minimum absolute atomic E-state index is 0.538. The topological polar surface area (TPSA) is 0 Å². The van der Waals surface area contributed by atoms with E-state index in [-0.39, 0.29) is 0 Å². The van der Waals surface area contributed by atoms with Gasteiger partial charge in [-0.05, 0) is 52.6 Å². The highest BCUT2D eigenvalue weighted by molar-refractivity contribution is 6.30. The lowest BCUT2D eigenvalue weighted by Gasteiger charge is -2.10. The lowest BCUT2D eigenvalue weighted by Crippen LogP contribution is -2.04. The zero-order valence-electron chi connectivity index (χ0n) is 11.9. The van der Waals surface area contributed by atoms with Crippen LogP contribution in [0.15, 0.2) is 72.8 Å². The number of hydrogen-bond acceptors (Lipinski definition) is 0. The van der Waals surface area contributed by atoms with Crippen LogP contribution in [-0.2, 0) is 6.18 Å². The molecule has 0 bridgehead atoms. The zero-order chi connectivity index (χ0) is 16.4. The SMILES string of the molecule is FC(F)(F)c1cccc(-c2cccc(-c3ccc(Cl)cc3)c2)c1. The third kappa shape index (κ3) is 3.57. The molecule has 0 N–H and O–H groups in total. The molecular formula is C19H12ClF3. The lowest BCUT2D eigenvalue weighted by atomic mass is 9.98. The van der Waals surface area contributed by atoms with Crippen molar-refractivity contribution in [1.82, 2.24) is 0 Å². The molecule has 0 atom stereocenters. The maximum Gasteiger partial charge on any atom is 0.416 e. The number of halogens is 4. The van der Waals surface area contributed by atoms with E-state index < -0.39 is 11.7 Å². The molecule has 0 aliphatic rings. The highest BCUT2D eigenvalue weighted by Crippen LogP contribution is 2.33. The van der Waals surface area contributed by atoms with Gasteiger partial charge in [-0.2, -0.15) is 13.2 Å². The number of rotatable bonds is 2. The van der Waals surface area contributed by atoms with Crippen LogP contribution in [0.2, 0.25) is 5.02 Å². The highest BCUT2D eigenvalue weighted by atomic mass is 35.5. The number of hydrogen-bond donors (Lipinski definition) is 0. The average Bonchev–Trinajstić information content (AvgIpc) is 2.55. The summed E-state index contributed by atoms with van der Waals surface area (Å²) in [5.74, 6) is 0. The molecule has 0 radical (unpaired) electrons. The van der Waals surface area contributed by atoms with Crippen molar-refractivity contribution < 1.29 is 13.2 Å². The van der Waals surface area contributed by atoms with Crippen LogP contribution in [0.3, 0.4) is 0 Å². The molecular weight excluding hydrogens is 321 g/mol. The van der Waals surface area contributed by atoms with E-state index in [9.17, 15) is 13.2 Å². The maximum absolute atomic E-state index is 12.9. The van der Waals surface area contributed by atoms with Crippen molar-refractivity contribution >= 4 is 11.6 Å². The van der Waals surface area contributed by atoms with Gasteiger partial charge in [-0.3, -0.25) is 0 Å². The summed E-state index contributed by atoms with van der Waals surface area (Å²) in [6.07, 6.45) is -4.34. The first-order valence-electron chi connectivity index (χ1n) is 6.97. The molecule has 0 aromatic heterocycles. The van der Waals surface area contributed by atoms with Crippen molar-refractivity contribution in [1.29, 1.82) is 0 Å². The molecule has 0 spiro atoms. The largest absolute Gasteiger partial charge is 0.416 e. The lowest BCUT2D eigenvalue weighted by molar-refractivity contribution is -0.137. The van der Waals surface area contributed by atoms with Crippen LogP contribution < -0.4 is 0 Å². The van der Waals surface area contributed by atoms with Crippen molar-refractivity contribution in [2.24, 2.45) is 0 Å². The van der Waals surface area contributed by atoms with E-state index in [1.54, 1.807) is 24.3 Å². The molecule has 4 heteroatoms. The second-order valence-electron chi connectivity index (χ2n) is 5.17. The number of benzene rings is 3. The van der Waals surface area contributed by atoms with Crippen LogP contribution in [-0.4, -0.2) is 0 Å². The molecule has 0 fully saturated rings. The van der Waals surface area contributed by atoms with E-state index in [1.807, 2.05) is 30.3 Å². The molecule has 116 valence electrons. The Morgan fingerprint density at radius 2 is 1.13 bits per heavy atom. The molecule has 23 heavy (non-hydrogen) atoms. The molecule has 0 heterocycles. The highest BCUT2D eigenvalue weighted by Gasteiger charge is 2.30. The summed E-state index contributed by atoms with van der Waals surface area (Å²) in [4.78, 5) is 0. The minimum Gasteiger partial charge on any atom is -0.166 e. The molecule has 0 amide bonds. The molecule has 3 rings (SSSR count). The van der Waals surface area contributed by atoms with Gasteiger partial charge in [-0.1, -0.05) is 54.1 Å². The van der Waals surface area contributed by atoms with Gasteiger partial charge in [-0.15, -0.1) is 0 Å². The third-order valence-electron chi connectivity index (χ3n) is 3.56. The molecule has 0 saturated carbocycles. The predicted molar refractivity (Wildman–Crippen MR) is 87.3 cm³/mol. The Labute approximate surface area is 137 Å². The van der Waals surface area contributed by atoms with Gasteiger partial charge in [0.1, 0.15) is 0 Å². The second-order valence-corrected chi connectivity index (χ2v) is 5.60. The Balaban J connectivity index is 2.02. The minimum atomic E-state index is -4.34. The maximum atomic E-state index is 12.9. The van der Waals surface area contributed by atoms with Crippen LogP contribution in [0, 0.1) is 0 Å². The average molecular weight is 333 g/mol. The summed E-state index contributed by atoms with van der Waals surface area (Å²) < 4.78 is 38.6. The van der Waals surface area contributed by atoms with Crippen LogP contribution >= 0.6 is 11.6 Å². The Hall–Kier alpha value is -2.26. The summed E-state index contributed by atoms with van der Waals surface area (Å²) in [6.45, 7) is 0. The van der Waals surface area contributed by atoms with E-state index in [2.05, 4.69) is 0 Å². The van der Waals surface area contributed by atoms with E-state index in [1.165, 1.54) is 12.1 Å². The summed E-state index contributed by atoms with van der Waals surface area (Å²) >= 11 is 5.88. The van der Waals surface area contributed by atoms with Gasteiger partial charge in [0.2, 0.25) is 0 Å². The fraction of sp³-hybridized carbons (Fsp3) is 0.0526. The van der Waals surface area contributed by atoms with Gasteiger partial charge in [0.25, 0.3) is 0 Å². The molecule has 0 aliphatic heterocycles. The Kier molecular flexibility index (Phi) is 4.14. The van der Waals surface area contributed by atoms with Gasteiger partial charge >= 0.3 is 6.18 Å². The van der Waals surface area contributed by atoms with Gasteiger partial charge in [0.05, 0.1) is 5.56 Å². The molecule has 0 aliphatic carbocycles. The first-order chi connectivity index (χ1) is 10.9. The predicted octanol–water partition coefficient (Wildman–Crippen LogP) is 6.69. The molecule has 0 saturated heterocycles. The summed E-state index contributed by atoms with van der Waals surface area (Å²) in [6, 6.07) is 20.1. The van der Waals surface area contributed by atoms with Crippen molar-refractivity contribution in [3.05, 3.63) is 83.4 Å². The summed E-state index contributed by atoms with van der Waals surface area (Å²) in [7, 11) is 0. The fourth-order valence-corrected chi connectivity index (χ4v) is 2.52. The van der Waals surface area contributed by atoms with Crippen molar-refractivity contribution in [2.45, 2.75) is 6.18 Å². The molecule has 0 unspecified atom stereocenters. The Morgan fingerprint density at radius 3 is 1.74 bits per heavy atom. The van der Waals surface area contributed by atoms with E-state index in [0.29, 0.717) is 10.6 Å². The zero-order valence-corrected chi connectivity index (χ0v) is 12.7. The summed E-state index contributed by atoms with van der Waals surface area (Å²) in [5.41, 5.74) is 2.52. The number of alkyl halides is 3.